The molecular weight excluding hydrogens is 436 g/mol. The van der Waals surface area contributed by atoms with Crippen LogP contribution in [0.3, 0.4) is 0 Å². The monoisotopic (exact) mass is 448 g/mol. The number of anilines is 2. The first-order valence-corrected chi connectivity index (χ1v) is 9.14. The molecular formula is C18H14Br2N2O2. The molecule has 0 aromatic heterocycles. The van der Waals surface area contributed by atoms with E-state index in [4.69, 9.17) is 0 Å². The number of hydrogen-bond donors (Lipinski definition) is 0. The highest BCUT2D eigenvalue weighted by molar-refractivity contribution is 9.25. The summed E-state index contributed by atoms with van der Waals surface area (Å²) in [7, 11) is 0. The molecule has 0 N–H and O–H groups in total. The van der Waals surface area contributed by atoms with Gasteiger partial charge in [-0.1, -0.05) is 68.3 Å². The minimum Gasteiger partial charge on any atom is -0.288 e. The molecule has 2 aromatic carbocycles. The summed E-state index contributed by atoms with van der Waals surface area (Å²) in [5, 5.41) is 0. The summed E-state index contributed by atoms with van der Waals surface area (Å²) in [6.45, 7) is 1.69. The van der Waals surface area contributed by atoms with Crippen LogP contribution in [0.2, 0.25) is 0 Å². The Morgan fingerprint density at radius 2 is 1.17 bits per heavy atom. The van der Waals surface area contributed by atoms with Gasteiger partial charge in [-0.2, -0.15) is 0 Å². The Morgan fingerprint density at radius 3 is 1.50 bits per heavy atom. The summed E-state index contributed by atoms with van der Waals surface area (Å²) in [4.78, 5) is 29.6. The molecule has 0 aliphatic carbocycles. The van der Waals surface area contributed by atoms with E-state index in [0.29, 0.717) is 0 Å². The number of carbonyl (C=O) groups is 2. The van der Waals surface area contributed by atoms with Crippen LogP contribution in [0.1, 0.15) is 6.92 Å². The maximum absolute atomic E-state index is 13.1. The fourth-order valence-corrected chi connectivity index (χ4v) is 4.97. The molecule has 2 aliphatic rings. The molecule has 2 amide bonds. The van der Waals surface area contributed by atoms with Crippen molar-refractivity contribution >= 4 is 55.0 Å². The van der Waals surface area contributed by atoms with Crippen LogP contribution < -0.4 is 9.80 Å². The van der Waals surface area contributed by atoms with Crippen LogP contribution in [0.25, 0.3) is 0 Å². The third kappa shape index (κ3) is 1.78. The first kappa shape index (κ1) is 15.8. The van der Waals surface area contributed by atoms with Gasteiger partial charge in [-0.15, -0.1) is 0 Å². The topological polar surface area (TPSA) is 40.6 Å². The third-order valence-electron chi connectivity index (χ3n) is 4.84. The summed E-state index contributed by atoms with van der Waals surface area (Å²) in [5.74, 6) is -0.408. The predicted octanol–water partition coefficient (Wildman–Crippen LogP) is 3.90. The molecule has 2 saturated heterocycles. The van der Waals surface area contributed by atoms with Gasteiger partial charge in [0.25, 0.3) is 0 Å². The van der Waals surface area contributed by atoms with E-state index in [2.05, 4.69) is 31.9 Å². The average Bonchev–Trinajstić information content (AvgIpc) is 2.85. The van der Waals surface area contributed by atoms with Crippen LogP contribution in [0.4, 0.5) is 11.4 Å². The van der Waals surface area contributed by atoms with E-state index >= 15 is 0 Å². The second-order valence-electron chi connectivity index (χ2n) is 6.14. The molecule has 122 valence electrons. The van der Waals surface area contributed by atoms with Gasteiger partial charge >= 0.3 is 0 Å². The summed E-state index contributed by atoms with van der Waals surface area (Å²) in [6, 6.07) is 18.9. The van der Waals surface area contributed by atoms with Crippen LogP contribution in [-0.2, 0) is 9.59 Å². The number of halogens is 2. The first-order valence-electron chi connectivity index (χ1n) is 7.56. The fraction of sp³-hybridized carbons (Fsp3) is 0.222. The Labute approximate surface area is 156 Å². The molecule has 2 heterocycles. The first-order chi connectivity index (χ1) is 11.4. The number of benzene rings is 2. The summed E-state index contributed by atoms with van der Waals surface area (Å²) >= 11 is 7.28. The van der Waals surface area contributed by atoms with Crippen LogP contribution in [0.5, 0.6) is 0 Å². The second-order valence-corrected chi connectivity index (χ2v) is 9.71. The number of para-hydroxylation sites is 2. The highest BCUT2D eigenvalue weighted by Gasteiger charge is 2.77. The predicted molar refractivity (Wildman–Crippen MR) is 100 cm³/mol. The Kier molecular flexibility index (Phi) is 3.41. The van der Waals surface area contributed by atoms with Crippen molar-refractivity contribution in [2.75, 3.05) is 9.80 Å². The molecule has 24 heavy (non-hydrogen) atoms. The number of rotatable bonds is 2. The number of alkyl halides is 2. The van der Waals surface area contributed by atoms with Gasteiger partial charge in [-0.25, -0.2) is 0 Å². The minimum absolute atomic E-state index is 0.204. The van der Waals surface area contributed by atoms with Gasteiger partial charge in [0.1, 0.15) is 9.40 Å². The summed E-state index contributed by atoms with van der Waals surface area (Å²) in [5.41, 5.74) is 0.324. The lowest BCUT2D eigenvalue weighted by Gasteiger charge is -2.37. The molecule has 2 fully saturated rings. The van der Waals surface area contributed by atoms with Crippen LogP contribution in [0.15, 0.2) is 60.7 Å². The van der Waals surface area contributed by atoms with E-state index < -0.39 is 14.8 Å². The Bertz CT molecular complexity index is 764. The number of amides is 2. The van der Waals surface area contributed by atoms with E-state index in [9.17, 15) is 9.59 Å². The standard InChI is InChI=1S/C18H14Br2N2O2/c1-17-15(23)21(12-8-4-2-5-9-12)14(18(17,19)20)22(16(17)24)13-10-6-3-7-11-13/h2-11,14H,1H3. The largest absolute Gasteiger partial charge is 0.288 e. The zero-order valence-electron chi connectivity index (χ0n) is 12.8. The highest BCUT2D eigenvalue weighted by atomic mass is 79.9. The lowest BCUT2D eigenvalue weighted by molar-refractivity contribution is -0.136. The van der Waals surface area contributed by atoms with Crippen molar-refractivity contribution in [3.63, 3.8) is 0 Å². The van der Waals surface area contributed by atoms with Gasteiger partial charge in [0.15, 0.2) is 5.41 Å². The second kappa shape index (κ2) is 5.17. The summed E-state index contributed by atoms with van der Waals surface area (Å²) in [6.07, 6.45) is -0.493. The molecule has 6 heteroatoms. The molecule has 4 nitrogen and oxygen atoms in total. The van der Waals surface area contributed by atoms with E-state index in [1.165, 1.54) is 0 Å². The molecule has 4 rings (SSSR count). The Morgan fingerprint density at radius 1 is 0.792 bits per heavy atom. The van der Waals surface area contributed by atoms with Crippen molar-refractivity contribution in [2.45, 2.75) is 16.3 Å². The quantitative estimate of drug-likeness (QED) is 0.515. The third-order valence-corrected chi connectivity index (χ3v) is 7.25. The summed E-state index contributed by atoms with van der Waals surface area (Å²) < 4.78 is -0.868. The fourth-order valence-electron chi connectivity index (χ4n) is 3.47. The molecule has 0 saturated carbocycles. The maximum atomic E-state index is 13.1. The van der Waals surface area contributed by atoms with E-state index in [0.717, 1.165) is 11.4 Å². The molecule has 2 aliphatic heterocycles. The number of nitrogens with zero attached hydrogens (tertiary/aromatic N) is 2. The number of fused-ring (bicyclic) bond motifs is 2. The minimum atomic E-state index is -1.22. The van der Waals surface area contributed by atoms with Gasteiger partial charge in [0, 0.05) is 11.4 Å². The van der Waals surface area contributed by atoms with E-state index in [-0.39, 0.29) is 11.8 Å². The zero-order valence-corrected chi connectivity index (χ0v) is 16.0. The van der Waals surface area contributed by atoms with Gasteiger partial charge < -0.3 is 0 Å². The number of hydrogen-bond acceptors (Lipinski definition) is 2. The lowest BCUT2D eigenvalue weighted by Crippen LogP contribution is -2.56. The average molecular weight is 450 g/mol. The normalized spacial score (nSPS) is 27.9. The van der Waals surface area contributed by atoms with Gasteiger partial charge in [-0.3, -0.25) is 19.4 Å². The maximum Gasteiger partial charge on any atom is 0.246 e. The lowest BCUT2D eigenvalue weighted by atomic mass is 9.89. The van der Waals surface area contributed by atoms with Gasteiger partial charge in [0.2, 0.25) is 11.8 Å². The van der Waals surface area contributed by atoms with Crippen LogP contribution in [-0.4, -0.2) is 21.2 Å². The molecule has 2 aromatic rings. The van der Waals surface area contributed by atoms with E-state index in [1.54, 1.807) is 16.7 Å². The van der Waals surface area contributed by atoms with Crippen molar-refractivity contribution in [2.24, 2.45) is 5.41 Å². The molecule has 0 unspecified atom stereocenters. The van der Waals surface area contributed by atoms with Crippen LogP contribution in [0, 0.1) is 5.41 Å². The highest BCUT2D eigenvalue weighted by Crippen LogP contribution is 2.62. The van der Waals surface area contributed by atoms with Crippen molar-refractivity contribution in [1.29, 1.82) is 0 Å². The Balaban J connectivity index is 1.92. The number of carbonyl (C=O) groups excluding carboxylic acids is 2. The van der Waals surface area contributed by atoms with Gasteiger partial charge in [0.05, 0.1) is 0 Å². The molecule has 0 atom stereocenters. The zero-order chi connectivity index (χ0) is 17.1. The molecule has 0 spiro atoms. The van der Waals surface area contributed by atoms with Crippen molar-refractivity contribution < 1.29 is 9.59 Å². The molecule has 0 radical (unpaired) electrons. The van der Waals surface area contributed by atoms with Crippen molar-refractivity contribution in [1.82, 2.24) is 0 Å². The van der Waals surface area contributed by atoms with Crippen molar-refractivity contribution in [3.8, 4) is 0 Å². The van der Waals surface area contributed by atoms with E-state index in [1.807, 2.05) is 60.7 Å². The van der Waals surface area contributed by atoms with Crippen LogP contribution >= 0.6 is 31.9 Å². The molecule has 2 bridgehead atoms. The Hall–Kier alpha value is -1.66. The van der Waals surface area contributed by atoms with Crippen molar-refractivity contribution in [3.05, 3.63) is 60.7 Å². The van der Waals surface area contributed by atoms with Gasteiger partial charge in [-0.05, 0) is 31.2 Å². The smallest absolute Gasteiger partial charge is 0.246 e. The SMILES string of the molecule is CC12C(=O)N(c3ccccc3)C(N(c3ccccc3)C1=O)C2(Br)Br.